The Hall–Kier alpha value is -8.58. The third-order valence-electron chi connectivity index (χ3n) is 12.3. The molecule has 0 aliphatic rings. The molecule has 1 unspecified atom stereocenters. The summed E-state index contributed by atoms with van der Waals surface area (Å²) in [7, 11) is 5.02. The molecule has 0 aliphatic heterocycles. The van der Waals surface area contributed by atoms with Crippen LogP contribution in [0.25, 0.3) is 0 Å². The van der Waals surface area contributed by atoms with Gasteiger partial charge in [-0.1, -0.05) is 91.0 Å². The molecule has 0 spiro atoms. The van der Waals surface area contributed by atoms with E-state index in [4.69, 9.17) is 28.4 Å². The van der Waals surface area contributed by atoms with Gasteiger partial charge in [-0.3, -0.25) is 0 Å². The maximum atomic E-state index is 10.1. The van der Waals surface area contributed by atoms with Gasteiger partial charge in [-0.25, -0.2) is 0 Å². The fourth-order valence-corrected chi connectivity index (χ4v) is 8.27. The number of para-hydroxylation sites is 3. The van der Waals surface area contributed by atoms with Crippen LogP contribution < -0.4 is 28.4 Å². The number of hydrogen-bond donors (Lipinski definition) is 3. The van der Waals surface area contributed by atoms with Crippen LogP contribution in [0.5, 0.6) is 34.5 Å². The second-order valence-corrected chi connectivity index (χ2v) is 18.2. The van der Waals surface area contributed by atoms with E-state index in [1.165, 1.54) is 16.7 Å². The Morgan fingerprint density at radius 2 is 0.615 bits per heavy atom. The highest BCUT2D eigenvalue weighted by Gasteiger charge is 2.13. The van der Waals surface area contributed by atoms with Crippen molar-refractivity contribution in [1.29, 1.82) is 0 Å². The number of methoxy groups -OCH3 is 3. The second-order valence-electron chi connectivity index (χ2n) is 18.2. The Labute approximate surface area is 455 Å². The molecule has 408 valence electrons. The van der Waals surface area contributed by atoms with E-state index in [0.717, 1.165) is 89.7 Å². The lowest BCUT2D eigenvalue weighted by molar-refractivity contribution is 0.0918. The largest absolute Gasteiger partial charge is 0.497 e. The predicted octanol–water partition coefficient (Wildman–Crippen LogP) is 7.54. The normalized spacial score (nSPS) is 11.9. The van der Waals surface area contributed by atoms with E-state index >= 15 is 0 Å². The zero-order valence-electron chi connectivity index (χ0n) is 44.4. The molecule has 9 rings (SSSR count). The standard InChI is InChI=1S/3C20H23N3O3/c3*1-25-19-7-4-5-16(11-19)9-10-17-6-2-3-8-20(17)26-13-18(24)12-23-14-21-22-15-23/h3*2-8,11,14-15,18,24H,9-10,12-13H2,1H3/t2*18-;/m10./s1. The molecule has 0 radical (unpaired) electrons. The summed E-state index contributed by atoms with van der Waals surface area (Å²) in [5.41, 5.74) is 7.00. The molecule has 18 nitrogen and oxygen atoms in total. The number of ether oxygens (including phenoxy) is 6. The molecule has 0 aliphatic carbocycles. The first kappa shape index (κ1) is 57.1. The Morgan fingerprint density at radius 1 is 0.346 bits per heavy atom. The van der Waals surface area contributed by atoms with Crippen molar-refractivity contribution in [3.8, 4) is 34.5 Å². The number of aromatic nitrogens is 9. The lowest BCUT2D eigenvalue weighted by Gasteiger charge is -2.15. The summed E-state index contributed by atoms with van der Waals surface area (Å²) in [5.74, 6) is 5.01. The van der Waals surface area contributed by atoms with Crippen molar-refractivity contribution in [3.05, 3.63) is 217 Å². The topological polar surface area (TPSA) is 208 Å². The van der Waals surface area contributed by atoms with Crippen LogP contribution in [0.15, 0.2) is 184 Å². The van der Waals surface area contributed by atoms with Gasteiger partial charge in [0.2, 0.25) is 0 Å². The van der Waals surface area contributed by atoms with Gasteiger partial charge in [0.25, 0.3) is 0 Å². The molecule has 0 fully saturated rings. The Bertz CT molecular complexity index is 2740. The average molecular weight is 1060 g/mol. The fraction of sp³-hybridized carbons (Fsp3) is 0.300. The van der Waals surface area contributed by atoms with Gasteiger partial charge < -0.3 is 57.4 Å². The SMILES string of the molecule is COc1cccc(CCc2ccccc2OCC(O)Cn2cnnc2)c1.COc1cccc(CCc2ccccc2OC[C@@H](O)Cn2cnnc2)c1.COc1cccc(CCc2ccccc2OC[C@H](O)Cn2cnnc2)c1. The van der Waals surface area contributed by atoms with E-state index in [2.05, 4.69) is 67.0 Å². The lowest BCUT2D eigenvalue weighted by atomic mass is 10.0. The number of benzene rings is 6. The zero-order chi connectivity index (χ0) is 54.6. The summed E-state index contributed by atoms with van der Waals surface area (Å²) in [6.07, 6.45) is 12.8. The van der Waals surface area contributed by atoms with Crippen molar-refractivity contribution in [1.82, 2.24) is 44.3 Å². The minimum atomic E-state index is -0.627. The van der Waals surface area contributed by atoms with E-state index in [-0.39, 0.29) is 19.8 Å². The molecule has 3 N–H and O–H groups in total. The molecule has 9 aromatic rings. The van der Waals surface area contributed by atoms with Gasteiger partial charge in [0.05, 0.1) is 41.0 Å². The van der Waals surface area contributed by atoms with Crippen LogP contribution >= 0.6 is 0 Å². The van der Waals surface area contributed by atoms with Gasteiger partial charge in [-0.15, -0.1) is 30.6 Å². The highest BCUT2D eigenvalue weighted by Crippen LogP contribution is 2.25. The molecule has 6 aromatic carbocycles. The first-order valence-corrected chi connectivity index (χ1v) is 25.8. The van der Waals surface area contributed by atoms with Crippen molar-refractivity contribution in [3.63, 3.8) is 0 Å². The number of hydrogen-bond acceptors (Lipinski definition) is 15. The van der Waals surface area contributed by atoms with Crippen molar-refractivity contribution >= 4 is 0 Å². The van der Waals surface area contributed by atoms with Gasteiger partial charge in [0.15, 0.2) is 0 Å². The van der Waals surface area contributed by atoms with E-state index in [1.807, 2.05) is 109 Å². The van der Waals surface area contributed by atoms with Gasteiger partial charge in [-0.05, 0) is 127 Å². The monoisotopic (exact) mass is 1060 g/mol. The maximum absolute atomic E-state index is 10.1. The average Bonchev–Trinajstić information content (AvgIpc) is 4.32. The third kappa shape index (κ3) is 19.5. The fourth-order valence-electron chi connectivity index (χ4n) is 8.27. The van der Waals surface area contributed by atoms with Crippen LogP contribution in [0.3, 0.4) is 0 Å². The maximum Gasteiger partial charge on any atom is 0.122 e. The molecule has 78 heavy (non-hydrogen) atoms. The molecule has 0 saturated carbocycles. The second kappa shape index (κ2) is 31.5. The van der Waals surface area contributed by atoms with Crippen LogP contribution in [-0.2, 0) is 58.2 Å². The van der Waals surface area contributed by atoms with E-state index < -0.39 is 18.3 Å². The van der Waals surface area contributed by atoms with Gasteiger partial charge in [-0.2, -0.15) is 0 Å². The molecule has 0 amide bonds. The molecule has 0 bridgehead atoms. The van der Waals surface area contributed by atoms with Gasteiger partial charge >= 0.3 is 0 Å². The molecule has 0 saturated heterocycles. The number of aliphatic hydroxyl groups is 3. The van der Waals surface area contributed by atoms with E-state index in [1.54, 1.807) is 73.0 Å². The quantitative estimate of drug-likeness (QED) is 0.0455. The number of aliphatic hydroxyl groups excluding tert-OH is 3. The summed E-state index contributed by atoms with van der Waals surface area (Å²) < 4.78 is 38.6. The highest BCUT2D eigenvalue weighted by atomic mass is 16.5. The first-order valence-electron chi connectivity index (χ1n) is 25.8. The Kier molecular flexibility index (Phi) is 23.0. The van der Waals surface area contributed by atoms with Crippen LogP contribution in [-0.4, -0.2) is 119 Å². The summed E-state index contributed by atoms with van der Waals surface area (Å²) in [5, 5.41) is 52.7. The minimum absolute atomic E-state index is 0.217. The third-order valence-corrected chi connectivity index (χ3v) is 12.3. The molecular formula is C60H69N9O9. The van der Waals surface area contributed by atoms with Gasteiger partial charge in [0.1, 0.15) is 111 Å². The molecule has 3 aromatic heterocycles. The Balaban J connectivity index is 0.000000170. The summed E-state index contributed by atoms with van der Waals surface area (Å²) in [6.45, 7) is 1.86. The minimum Gasteiger partial charge on any atom is -0.497 e. The zero-order valence-corrected chi connectivity index (χ0v) is 44.4. The molecule has 18 heteroatoms. The Morgan fingerprint density at radius 3 is 0.885 bits per heavy atom. The van der Waals surface area contributed by atoms with Crippen LogP contribution in [0.1, 0.15) is 33.4 Å². The van der Waals surface area contributed by atoms with E-state index in [0.29, 0.717) is 19.6 Å². The van der Waals surface area contributed by atoms with Crippen molar-refractivity contribution in [2.45, 2.75) is 76.5 Å². The lowest BCUT2D eigenvalue weighted by Crippen LogP contribution is -2.23. The summed E-state index contributed by atoms with van der Waals surface area (Å²) in [6, 6.07) is 48.1. The molecule has 3 heterocycles. The predicted molar refractivity (Wildman–Crippen MR) is 295 cm³/mol. The summed E-state index contributed by atoms with van der Waals surface area (Å²) >= 11 is 0. The van der Waals surface area contributed by atoms with Crippen LogP contribution in [0.2, 0.25) is 0 Å². The van der Waals surface area contributed by atoms with E-state index in [9.17, 15) is 15.3 Å². The van der Waals surface area contributed by atoms with Crippen molar-refractivity contribution in [2.75, 3.05) is 41.2 Å². The first-order chi connectivity index (χ1) is 38.2. The van der Waals surface area contributed by atoms with Crippen LogP contribution in [0, 0.1) is 0 Å². The van der Waals surface area contributed by atoms with Gasteiger partial charge in [0, 0.05) is 0 Å². The van der Waals surface area contributed by atoms with Crippen molar-refractivity contribution < 1.29 is 43.7 Å². The highest BCUT2D eigenvalue weighted by molar-refractivity contribution is 5.38. The number of rotatable bonds is 27. The van der Waals surface area contributed by atoms with Crippen LogP contribution in [0.4, 0.5) is 0 Å². The van der Waals surface area contributed by atoms with Crippen molar-refractivity contribution in [2.24, 2.45) is 0 Å². The summed E-state index contributed by atoms with van der Waals surface area (Å²) in [4.78, 5) is 0. The molecule has 3 atom stereocenters. The smallest absolute Gasteiger partial charge is 0.122 e. The number of nitrogens with zero attached hydrogens (tertiary/aromatic N) is 9. The molecular weight excluding hydrogens is 991 g/mol. The number of aryl methyl sites for hydroxylation is 6.